The summed E-state index contributed by atoms with van der Waals surface area (Å²) >= 11 is 9.76. The summed E-state index contributed by atoms with van der Waals surface area (Å²) in [6.07, 6.45) is 13.9. The van der Waals surface area contributed by atoms with E-state index in [1.54, 1.807) is 0 Å². The molecule has 160 valence electrons. The third-order valence-electron chi connectivity index (χ3n) is 5.81. The maximum absolute atomic E-state index is 4.88. The van der Waals surface area contributed by atoms with Crippen LogP contribution in [0, 0.1) is 0 Å². The van der Waals surface area contributed by atoms with E-state index >= 15 is 0 Å². The first kappa shape index (κ1) is 24.4. The van der Waals surface area contributed by atoms with Gasteiger partial charge in [-0.25, -0.2) is 0 Å². The van der Waals surface area contributed by atoms with Gasteiger partial charge >= 0.3 is 0 Å². The highest BCUT2D eigenvalue weighted by Gasteiger charge is 2.14. The summed E-state index contributed by atoms with van der Waals surface area (Å²) in [7, 11) is 0. The Kier molecular flexibility index (Phi) is 12.0. The highest BCUT2D eigenvalue weighted by Crippen LogP contribution is 2.35. The Balaban J connectivity index is 1.80. The van der Waals surface area contributed by atoms with Crippen LogP contribution in [0.15, 0.2) is 48.5 Å². The fourth-order valence-electron chi connectivity index (χ4n) is 3.81. The lowest BCUT2D eigenvalue weighted by molar-refractivity contribution is 0.666. The molecule has 2 unspecified atom stereocenters. The van der Waals surface area contributed by atoms with Crippen molar-refractivity contribution in [2.45, 2.75) is 95.0 Å². The molecule has 0 saturated heterocycles. The molecule has 0 spiro atoms. The van der Waals surface area contributed by atoms with Crippen molar-refractivity contribution in [1.82, 2.24) is 0 Å². The number of unbranched alkanes of at least 4 members (excludes halogenated alkanes) is 6. The molecule has 0 bridgehead atoms. The van der Waals surface area contributed by atoms with Crippen LogP contribution in [-0.4, -0.2) is 0 Å². The zero-order valence-electron chi connectivity index (χ0n) is 18.4. The van der Waals surface area contributed by atoms with Gasteiger partial charge in [-0.3, -0.25) is 0 Å². The number of aryl methyl sites for hydroxylation is 2. The van der Waals surface area contributed by atoms with Gasteiger partial charge in [-0.15, -0.1) is 0 Å². The van der Waals surface area contributed by atoms with Crippen LogP contribution in [-0.2, 0) is 12.8 Å². The first-order valence-corrected chi connectivity index (χ1v) is 12.7. The van der Waals surface area contributed by atoms with Crippen LogP contribution in [0.1, 0.15) is 104 Å². The van der Waals surface area contributed by atoms with Gasteiger partial charge in [0.2, 0.25) is 0 Å². The molecule has 0 aromatic heterocycles. The molecule has 0 aliphatic rings. The smallest absolute Gasteiger partial charge is 0.0280 e. The molecule has 0 fully saturated rings. The molecule has 2 aromatic carbocycles. The molecule has 2 heteroatoms. The van der Waals surface area contributed by atoms with Crippen LogP contribution in [0.2, 0.25) is 0 Å². The van der Waals surface area contributed by atoms with E-state index in [0.29, 0.717) is 0 Å². The number of hydrogen-bond donors (Lipinski definition) is 2. The van der Waals surface area contributed by atoms with Crippen molar-refractivity contribution in [2.24, 2.45) is 0 Å². The van der Waals surface area contributed by atoms with Crippen molar-refractivity contribution in [3.05, 3.63) is 70.8 Å². The SMILES string of the molecule is CCCCCCc1ccc(C(S)CC(S)c2ccc(CCCCCC)cc2)cc1. The fourth-order valence-corrected chi connectivity index (χ4v) is 4.74. The lowest BCUT2D eigenvalue weighted by Crippen LogP contribution is -1.99. The Hall–Kier alpha value is -0.860. The Bertz CT molecular complexity index is 600. The average molecular weight is 429 g/mol. The first-order valence-electron chi connectivity index (χ1n) is 11.7. The maximum Gasteiger partial charge on any atom is 0.0280 e. The van der Waals surface area contributed by atoms with Crippen LogP contribution in [0.5, 0.6) is 0 Å². The highest BCUT2D eigenvalue weighted by molar-refractivity contribution is 7.81. The Labute approximate surface area is 190 Å². The van der Waals surface area contributed by atoms with E-state index in [9.17, 15) is 0 Å². The molecule has 29 heavy (non-hydrogen) atoms. The Morgan fingerprint density at radius 1 is 0.552 bits per heavy atom. The van der Waals surface area contributed by atoms with Crippen LogP contribution in [0.3, 0.4) is 0 Å². The first-order chi connectivity index (χ1) is 14.1. The van der Waals surface area contributed by atoms with Gasteiger partial charge in [0, 0.05) is 10.5 Å². The lowest BCUT2D eigenvalue weighted by atomic mass is 9.99. The molecule has 0 N–H and O–H groups in total. The maximum atomic E-state index is 4.88. The van der Waals surface area contributed by atoms with Gasteiger partial charge in [-0.05, 0) is 54.4 Å². The van der Waals surface area contributed by atoms with Gasteiger partial charge < -0.3 is 0 Å². The summed E-state index contributed by atoms with van der Waals surface area (Å²) in [5, 5.41) is 0.445. The molecule has 2 aromatic rings. The van der Waals surface area contributed by atoms with Crippen molar-refractivity contribution in [3.63, 3.8) is 0 Å². The topological polar surface area (TPSA) is 0 Å². The van der Waals surface area contributed by atoms with E-state index < -0.39 is 0 Å². The Morgan fingerprint density at radius 3 is 1.28 bits per heavy atom. The minimum absolute atomic E-state index is 0.223. The second-order valence-electron chi connectivity index (χ2n) is 8.37. The minimum Gasteiger partial charge on any atom is -0.171 e. The zero-order valence-corrected chi connectivity index (χ0v) is 20.2. The van der Waals surface area contributed by atoms with E-state index in [0.717, 1.165) is 6.42 Å². The third-order valence-corrected chi connectivity index (χ3v) is 6.83. The molecule has 0 radical (unpaired) electrons. The van der Waals surface area contributed by atoms with E-state index in [4.69, 9.17) is 25.3 Å². The van der Waals surface area contributed by atoms with Gasteiger partial charge in [-0.2, -0.15) is 25.3 Å². The molecule has 0 saturated carbocycles. The Morgan fingerprint density at radius 2 is 0.931 bits per heavy atom. The third kappa shape index (κ3) is 9.22. The molecule has 0 nitrogen and oxygen atoms in total. The monoisotopic (exact) mass is 428 g/mol. The summed E-state index contributed by atoms with van der Waals surface area (Å²) < 4.78 is 0. The van der Waals surface area contributed by atoms with Gasteiger partial charge in [0.1, 0.15) is 0 Å². The van der Waals surface area contributed by atoms with Crippen molar-refractivity contribution >= 4 is 25.3 Å². The number of rotatable bonds is 14. The largest absolute Gasteiger partial charge is 0.171 e. The summed E-state index contributed by atoms with van der Waals surface area (Å²) in [6, 6.07) is 18.2. The number of hydrogen-bond acceptors (Lipinski definition) is 2. The van der Waals surface area contributed by atoms with Gasteiger partial charge in [0.15, 0.2) is 0 Å². The quantitative estimate of drug-likeness (QED) is 0.218. The van der Waals surface area contributed by atoms with Crippen molar-refractivity contribution in [1.29, 1.82) is 0 Å². The lowest BCUT2D eigenvalue weighted by Gasteiger charge is -2.17. The average Bonchev–Trinajstić information content (AvgIpc) is 2.75. The fraction of sp³-hybridized carbons (Fsp3) is 0.556. The van der Waals surface area contributed by atoms with Crippen LogP contribution in [0.4, 0.5) is 0 Å². The van der Waals surface area contributed by atoms with E-state index in [1.807, 2.05) is 0 Å². The van der Waals surface area contributed by atoms with Crippen LogP contribution < -0.4 is 0 Å². The van der Waals surface area contributed by atoms with Gasteiger partial charge in [-0.1, -0.05) is 101 Å². The van der Waals surface area contributed by atoms with Crippen molar-refractivity contribution in [2.75, 3.05) is 0 Å². The summed E-state index contributed by atoms with van der Waals surface area (Å²) in [5.41, 5.74) is 5.50. The van der Waals surface area contributed by atoms with Gasteiger partial charge in [0.05, 0.1) is 0 Å². The van der Waals surface area contributed by atoms with E-state index in [2.05, 4.69) is 62.4 Å². The molecule has 0 aliphatic carbocycles. The zero-order chi connectivity index (χ0) is 20.9. The molecular weight excluding hydrogens is 388 g/mol. The number of thiol groups is 2. The predicted molar refractivity (Wildman–Crippen MR) is 137 cm³/mol. The van der Waals surface area contributed by atoms with Crippen molar-refractivity contribution < 1.29 is 0 Å². The predicted octanol–water partition coefficient (Wildman–Crippen LogP) is 8.96. The summed E-state index contributed by atoms with van der Waals surface area (Å²) in [4.78, 5) is 0. The standard InChI is InChI=1S/C27H40S2/c1-3-5-7-9-11-22-13-17-24(18-14-22)26(28)21-27(29)25-19-15-23(16-20-25)12-10-8-6-4-2/h13-20,26-29H,3-12,21H2,1-2H3. The minimum atomic E-state index is 0.223. The molecule has 0 aliphatic heterocycles. The van der Waals surface area contributed by atoms with Crippen LogP contribution >= 0.6 is 25.3 Å². The molecule has 2 atom stereocenters. The molecule has 2 rings (SSSR count). The highest BCUT2D eigenvalue weighted by atomic mass is 32.1. The second kappa shape index (κ2) is 14.2. The van der Waals surface area contributed by atoms with E-state index in [1.165, 1.54) is 86.5 Å². The molecular formula is C27H40S2. The van der Waals surface area contributed by atoms with E-state index in [-0.39, 0.29) is 10.5 Å². The molecule has 0 heterocycles. The second-order valence-corrected chi connectivity index (χ2v) is 9.62. The molecule has 0 amide bonds. The number of benzene rings is 2. The van der Waals surface area contributed by atoms with Crippen molar-refractivity contribution in [3.8, 4) is 0 Å². The van der Waals surface area contributed by atoms with Crippen LogP contribution in [0.25, 0.3) is 0 Å². The normalized spacial score (nSPS) is 13.4. The summed E-state index contributed by atoms with van der Waals surface area (Å²) in [5.74, 6) is 0. The van der Waals surface area contributed by atoms with Gasteiger partial charge in [0.25, 0.3) is 0 Å². The summed E-state index contributed by atoms with van der Waals surface area (Å²) in [6.45, 7) is 4.53.